The standard InChI is InChI=1S/C16H21N5O.2ClH/c22-16(14-3-1-2-8-18-14)19-15-7-12-21(20-15)11-6-13-4-9-17-10-5-13;;/h4-5,7,9-10,12,14,18H,1-3,6,8,11H2,(H,19,20,22);2*1H/t14-;;/m1../s1. The molecule has 24 heavy (non-hydrogen) atoms. The molecular weight excluding hydrogens is 349 g/mol. The van der Waals surface area contributed by atoms with Gasteiger partial charge in [-0.1, -0.05) is 6.42 Å². The van der Waals surface area contributed by atoms with Gasteiger partial charge in [0.2, 0.25) is 5.91 Å². The second kappa shape index (κ2) is 10.3. The summed E-state index contributed by atoms with van der Waals surface area (Å²) >= 11 is 0. The Morgan fingerprint density at radius 2 is 2.04 bits per heavy atom. The maximum atomic E-state index is 12.1. The molecule has 2 aromatic rings. The van der Waals surface area contributed by atoms with Crippen LogP contribution >= 0.6 is 24.8 Å². The summed E-state index contributed by atoms with van der Waals surface area (Å²) in [4.78, 5) is 16.1. The molecule has 1 saturated heterocycles. The molecule has 2 aromatic heterocycles. The van der Waals surface area contributed by atoms with Crippen molar-refractivity contribution in [3.8, 4) is 0 Å². The molecule has 0 aromatic carbocycles. The van der Waals surface area contributed by atoms with Crippen LogP contribution in [0.1, 0.15) is 24.8 Å². The lowest BCUT2D eigenvalue weighted by atomic mass is 10.0. The first-order chi connectivity index (χ1) is 10.8. The zero-order valence-electron chi connectivity index (χ0n) is 13.4. The summed E-state index contributed by atoms with van der Waals surface area (Å²) in [6, 6.07) is 5.76. The number of hydrogen-bond acceptors (Lipinski definition) is 4. The van der Waals surface area contributed by atoms with Crippen LogP contribution in [0.15, 0.2) is 36.8 Å². The first-order valence-corrected chi connectivity index (χ1v) is 7.78. The number of halogens is 2. The van der Waals surface area contributed by atoms with Gasteiger partial charge in [0.05, 0.1) is 6.04 Å². The minimum Gasteiger partial charge on any atom is -0.308 e. The Morgan fingerprint density at radius 3 is 2.75 bits per heavy atom. The Morgan fingerprint density at radius 1 is 1.25 bits per heavy atom. The number of carbonyl (C=O) groups excluding carboxylic acids is 1. The average molecular weight is 372 g/mol. The Labute approximate surface area is 154 Å². The zero-order chi connectivity index (χ0) is 15.2. The van der Waals surface area contributed by atoms with Crippen LogP contribution in [0.5, 0.6) is 0 Å². The van der Waals surface area contributed by atoms with Crippen molar-refractivity contribution in [3.05, 3.63) is 42.4 Å². The van der Waals surface area contributed by atoms with Crippen LogP contribution in [0.4, 0.5) is 5.82 Å². The summed E-state index contributed by atoms with van der Waals surface area (Å²) in [6.45, 7) is 1.69. The molecule has 0 spiro atoms. The molecule has 3 rings (SSSR count). The molecule has 0 unspecified atom stereocenters. The highest BCUT2D eigenvalue weighted by atomic mass is 35.5. The van der Waals surface area contributed by atoms with Crippen LogP contribution in [-0.4, -0.2) is 33.3 Å². The Hall–Kier alpha value is -1.63. The number of aryl methyl sites for hydroxylation is 2. The number of hydrogen-bond donors (Lipinski definition) is 2. The number of rotatable bonds is 5. The van der Waals surface area contributed by atoms with Crippen molar-refractivity contribution >= 4 is 36.5 Å². The molecule has 1 atom stereocenters. The van der Waals surface area contributed by atoms with Gasteiger partial charge in [0.1, 0.15) is 0 Å². The molecule has 1 aliphatic heterocycles. The van der Waals surface area contributed by atoms with Gasteiger partial charge in [-0.05, 0) is 43.5 Å². The van der Waals surface area contributed by atoms with Gasteiger partial charge in [0.15, 0.2) is 5.82 Å². The van der Waals surface area contributed by atoms with Crippen molar-refractivity contribution in [2.75, 3.05) is 11.9 Å². The molecule has 3 heterocycles. The van der Waals surface area contributed by atoms with E-state index in [0.717, 1.165) is 38.8 Å². The van der Waals surface area contributed by atoms with Crippen molar-refractivity contribution in [2.24, 2.45) is 0 Å². The molecule has 1 fully saturated rings. The predicted molar refractivity (Wildman–Crippen MR) is 98.9 cm³/mol. The van der Waals surface area contributed by atoms with E-state index in [1.165, 1.54) is 5.56 Å². The molecule has 0 bridgehead atoms. The smallest absolute Gasteiger partial charge is 0.242 e. The van der Waals surface area contributed by atoms with Crippen molar-refractivity contribution < 1.29 is 4.79 Å². The summed E-state index contributed by atoms with van der Waals surface area (Å²) in [5, 5.41) is 10.5. The Kier molecular flexibility index (Phi) is 8.74. The summed E-state index contributed by atoms with van der Waals surface area (Å²) in [5.74, 6) is 0.631. The van der Waals surface area contributed by atoms with E-state index in [1.807, 2.05) is 29.1 Å². The monoisotopic (exact) mass is 371 g/mol. The fourth-order valence-electron chi connectivity index (χ4n) is 2.63. The lowest BCUT2D eigenvalue weighted by Gasteiger charge is -2.21. The summed E-state index contributed by atoms with van der Waals surface area (Å²) in [5.41, 5.74) is 1.22. The van der Waals surface area contributed by atoms with E-state index in [-0.39, 0.29) is 36.8 Å². The van der Waals surface area contributed by atoms with Gasteiger partial charge < -0.3 is 10.6 Å². The van der Waals surface area contributed by atoms with Crippen molar-refractivity contribution in [2.45, 2.75) is 38.3 Å². The van der Waals surface area contributed by atoms with Crippen LogP contribution in [0.2, 0.25) is 0 Å². The normalized spacial score (nSPS) is 16.6. The van der Waals surface area contributed by atoms with Gasteiger partial charge in [0.25, 0.3) is 0 Å². The zero-order valence-corrected chi connectivity index (χ0v) is 15.0. The highest BCUT2D eigenvalue weighted by molar-refractivity contribution is 5.94. The Bertz CT molecular complexity index is 614. The number of carbonyl (C=O) groups is 1. The van der Waals surface area contributed by atoms with Crippen LogP contribution in [0, 0.1) is 0 Å². The first-order valence-electron chi connectivity index (χ1n) is 7.78. The molecule has 2 N–H and O–H groups in total. The molecular formula is C16H23Cl2N5O. The predicted octanol–water partition coefficient (Wildman–Crippen LogP) is 2.44. The van der Waals surface area contributed by atoms with E-state index in [9.17, 15) is 4.79 Å². The minimum absolute atomic E-state index is 0. The van der Waals surface area contributed by atoms with Crippen LogP contribution in [0.3, 0.4) is 0 Å². The third-order valence-electron chi connectivity index (χ3n) is 3.90. The highest BCUT2D eigenvalue weighted by Gasteiger charge is 2.20. The SMILES string of the molecule is Cl.Cl.O=C(Nc1ccn(CCc2ccncc2)n1)[C@H]1CCCCN1. The van der Waals surface area contributed by atoms with Gasteiger partial charge in [0, 0.05) is 31.2 Å². The van der Waals surface area contributed by atoms with E-state index in [1.54, 1.807) is 12.4 Å². The third-order valence-corrected chi connectivity index (χ3v) is 3.90. The number of nitrogens with zero attached hydrogens (tertiary/aromatic N) is 3. The molecule has 0 radical (unpaired) electrons. The summed E-state index contributed by atoms with van der Waals surface area (Å²) in [6.07, 6.45) is 9.52. The molecule has 8 heteroatoms. The summed E-state index contributed by atoms with van der Waals surface area (Å²) < 4.78 is 1.85. The van der Waals surface area contributed by atoms with E-state index in [4.69, 9.17) is 0 Å². The van der Waals surface area contributed by atoms with Gasteiger partial charge in [-0.15, -0.1) is 24.8 Å². The van der Waals surface area contributed by atoms with E-state index in [2.05, 4.69) is 20.7 Å². The molecule has 0 saturated carbocycles. The minimum atomic E-state index is -0.0873. The topological polar surface area (TPSA) is 71.8 Å². The second-order valence-electron chi connectivity index (χ2n) is 5.56. The van der Waals surface area contributed by atoms with Crippen molar-refractivity contribution in [1.82, 2.24) is 20.1 Å². The number of anilines is 1. The number of piperidine rings is 1. The fraction of sp³-hybridized carbons (Fsp3) is 0.438. The molecule has 6 nitrogen and oxygen atoms in total. The van der Waals surface area contributed by atoms with E-state index >= 15 is 0 Å². The number of aromatic nitrogens is 3. The van der Waals surface area contributed by atoms with Gasteiger partial charge >= 0.3 is 0 Å². The van der Waals surface area contributed by atoms with Crippen molar-refractivity contribution in [3.63, 3.8) is 0 Å². The highest BCUT2D eigenvalue weighted by Crippen LogP contribution is 2.10. The van der Waals surface area contributed by atoms with Gasteiger partial charge in [-0.2, -0.15) is 5.10 Å². The largest absolute Gasteiger partial charge is 0.308 e. The molecule has 1 aliphatic rings. The third kappa shape index (κ3) is 5.78. The van der Waals surface area contributed by atoms with Crippen LogP contribution in [-0.2, 0) is 17.8 Å². The lowest BCUT2D eigenvalue weighted by Crippen LogP contribution is -2.43. The quantitative estimate of drug-likeness (QED) is 0.846. The van der Waals surface area contributed by atoms with Crippen molar-refractivity contribution in [1.29, 1.82) is 0 Å². The van der Waals surface area contributed by atoms with Gasteiger partial charge in [-0.3, -0.25) is 14.5 Å². The number of nitrogens with one attached hydrogen (secondary N) is 2. The molecule has 132 valence electrons. The summed E-state index contributed by atoms with van der Waals surface area (Å²) in [7, 11) is 0. The van der Waals surface area contributed by atoms with E-state index in [0.29, 0.717) is 5.82 Å². The fourth-order valence-corrected chi connectivity index (χ4v) is 2.63. The average Bonchev–Trinajstić information content (AvgIpc) is 3.02. The number of pyridine rings is 1. The van der Waals surface area contributed by atoms with Crippen LogP contribution in [0.25, 0.3) is 0 Å². The van der Waals surface area contributed by atoms with Crippen LogP contribution < -0.4 is 10.6 Å². The van der Waals surface area contributed by atoms with E-state index < -0.39 is 0 Å². The Balaban J connectivity index is 0.00000144. The maximum Gasteiger partial charge on any atom is 0.242 e. The molecule has 1 amide bonds. The first kappa shape index (κ1) is 20.4. The number of amides is 1. The molecule has 0 aliphatic carbocycles. The van der Waals surface area contributed by atoms with Gasteiger partial charge in [-0.25, -0.2) is 0 Å². The lowest BCUT2D eigenvalue weighted by molar-refractivity contribution is -0.118. The second-order valence-corrected chi connectivity index (χ2v) is 5.56. The maximum absolute atomic E-state index is 12.1.